The van der Waals surface area contributed by atoms with E-state index in [-0.39, 0.29) is 24.6 Å². The maximum absolute atomic E-state index is 13.2. The average molecular weight is 335 g/mol. The fourth-order valence-electron chi connectivity index (χ4n) is 2.52. The van der Waals surface area contributed by atoms with Crippen LogP contribution in [0.2, 0.25) is 0 Å². The molecule has 1 aliphatic rings. The molecule has 3 rings (SSSR count). The van der Waals surface area contributed by atoms with Crippen molar-refractivity contribution in [1.29, 1.82) is 5.26 Å². The number of anilines is 1. The van der Waals surface area contributed by atoms with E-state index < -0.39 is 5.92 Å². The summed E-state index contributed by atoms with van der Waals surface area (Å²) < 4.78 is 26.4. The Labute approximate surface area is 136 Å². The highest BCUT2D eigenvalue weighted by Gasteiger charge is 2.35. The molecule has 0 bridgehead atoms. The molecule has 0 unspecified atom stereocenters. The molecule has 0 amide bonds. The summed E-state index contributed by atoms with van der Waals surface area (Å²) in [7, 11) is 0. The summed E-state index contributed by atoms with van der Waals surface area (Å²) in [5.41, 5.74) is 1.09. The van der Waals surface area contributed by atoms with Crippen molar-refractivity contribution in [2.45, 2.75) is 44.6 Å². The molecule has 1 aliphatic carbocycles. The number of nitriles is 1. The number of aryl methyl sites for hydroxylation is 1. The maximum atomic E-state index is 13.2. The number of aromatic nitrogens is 3. The van der Waals surface area contributed by atoms with Gasteiger partial charge in [-0.05, 0) is 19.8 Å². The second-order valence-corrected chi connectivity index (χ2v) is 6.50. The molecule has 1 fully saturated rings. The average Bonchev–Trinajstić information content (AvgIpc) is 2.96. The normalized spacial score (nSPS) is 17.7. The van der Waals surface area contributed by atoms with Crippen LogP contribution in [0.1, 0.15) is 37.1 Å². The molecule has 120 valence electrons. The van der Waals surface area contributed by atoms with E-state index in [0.717, 1.165) is 5.69 Å². The van der Waals surface area contributed by atoms with Gasteiger partial charge in [0.1, 0.15) is 17.6 Å². The number of alkyl halides is 2. The molecule has 0 aromatic carbocycles. The lowest BCUT2D eigenvalue weighted by molar-refractivity contribution is -0.0361. The Kier molecular flexibility index (Phi) is 4.22. The summed E-state index contributed by atoms with van der Waals surface area (Å²) in [6.07, 6.45) is 0.508. The third-order valence-electron chi connectivity index (χ3n) is 3.72. The third-order valence-corrected chi connectivity index (χ3v) is 4.68. The van der Waals surface area contributed by atoms with Crippen molar-refractivity contribution in [2.24, 2.45) is 0 Å². The molecule has 8 heteroatoms. The van der Waals surface area contributed by atoms with Gasteiger partial charge < -0.3 is 5.32 Å². The molecule has 1 saturated carbocycles. The van der Waals surface area contributed by atoms with E-state index >= 15 is 0 Å². The Morgan fingerprint density at radius 3 is 2.65 bits per heavy atom. The van der Waals surface area contributed by atoms with E-state index in [1.165, 1.54) is 17.4 Å². The first-order chi connectivity index (χ1) is 10.9. The van der Waals surface area contributed by atoms with Crippen molar-refractivity contribution in [3.63, 3.8) is 0 Å². The predicted octanol–water partition coefficient (Wildman–Crippen LogP) is 3.77. The van der Waals surface area contributed by atoms with Crippen molar-refractivity contribution < 1.29 is 8.78 Å². The van der Waals surface area contributed by atoms with Crippen LogP contribution in [0, 0.1) is 18.3 Å². The number of rotatable bonds is 3. The fraction of sp³-hybridized carbons (Fsp3) is 0.467. The Bertz CT molecular complexity index is 743. The minimum absolute atomic E-state index is 0.0676. The largest absolute Gasteiger partial charge is 0.367 e. The number of hydrogen-bond acceptors (Lipinski definition) is 6. The summed E-state index contributed by atoms with van der Waals surface area (Å²) in [5, 5.41) is 14.8. The van der Waals surface area contributed by atoms with E-state index in [1.54, 1.807) is 0 Å². The first kappa shape index (κ1) is 15.7. The van der Waals surface area contributed by atoms with Crippen LogP contribution in [0.25, 0.3) is 10.8 Å². The number of nitrogens with one attached hydrogen (secondary N) is 1. The maximum Gasteiger partial charge on any atom is 0.248 e. The molecule has 0 spiro atoms. The second kappa shape index (κ2) is 6.16. The molecule has 0 aliphatic heterocycles. The van der Waals surface area contributed by atoms with Crippen molar-refractivity contribution >= 4 is 17.2 Å². The molecule has 23 heavy (non-hydrogen) atoms. The highest BCUT2D eigenvalue weighted by molar-refractivity contribution is 7.13. The Balaban J connectivity index is 1.81. The zero-order valence-electron chi connectivity index (χ0n) is 12.5. The van der Waals surface area contributed by atoms with Crippen LogP contribution in [0.15, 0.2) is 11.4 Å². The van der Waals surface area contributed by atoms with Crippen molar-refractivity contribution in [2.75, 3.05) is 5.32 Å². The number of hydrogen-bond donors (Lipinski definition) is 1. The Morgan fingerprint density at radius 1 is 1.30 bits per heavy atom. The highest BCUT2D eigenvalue weighted by atomic mass is 32.1. The van der Waals surface area contributed by atoms with Gasteiger partial charge in [0, 0.05) is 36.0 Å². The van der Waals surface area contributed by atoms with E-state index in [0.29, 0.717) is 29.5 Å². The fourth-order valence-corrected chi connectivity index (χ4v) is 3.25. The number of halogens is 2. The molecule has 0 atom stereocenters. The molecule has 1 N–H and O–H groups in total. The topological polar surface area (TPSA) is 74.5 Å². The smallest absolute Gasteiger partial charge is 0.248 e. The first-order valence-electron chi connectivity index (χ1n) is 7.31. The van der Waals surface area contributed by atoms with Gasteiger partial charge in [0.15, 0.2) is 10.8 Å². The molecule has 2 aromatic heterocycles. The monoisotopic (exact) mass is 335 g/mol. The second-order valence-electron chi connectivity index (χ2n) is 5.64. The lowest BCUT2D eigenvalue weighted by Crippen LogP contribution is -2.32. The lowest BCUT2D eigenvalue weighted by atomic mass is 9.92. The van der Waals surface area contributed by atoms with Gasteiger partial charge in [-0.3, -0.25) is 0 Å². The van der Waals surface area contributed by atoms with Crippen LogP contribution < -0.4 is 5.32 Å². The molecule has 0 saturated heterocycles. The van der Waals surface area contributed by atoms with Crippen LogP contribution >= 0.6 is 11.3 Å². The van der Waals surface area contributed by atoms with Crippen LogP contribution in [-0.2, 0) is 0 Å². The standard InChI is InChI=1S/C15H15F2N5S/c1-9-8-23-14(19-9)13-21-11(7-18)6-12(22-13)20-10-2-4-15(16,17)5-3-10/h6,8,10H,2-5H2,1H3,(H,20,21,22). The Morgan fingerprint density at radius 2 is 2.04 bits per heavy atom. The first-order valence-corrected chi connectivity index (χ1v) is 8.19. The summed E-state index contributed by atoms with van der Waals surface area (Å²) >= 11 is 1.40. The zero-order valence-corrected chi connectivity index (χ0v) is 13.3. The van der Waals surface area contributed by atoms with E-state index in [1.807, 2.05) is 18.4 Å². The van der Waals surface area contributed by atoms with Gasteiger partial charge in [0.25, 0.3) is 0 Å². The van der Waals surface area contributed by atoms with Gasteiger partial charge in [-0.2, -0.15) is 5.26 Å². The zero-order chi connectivity index (χ0) is 16.4. The third kappa shape index (κ3) is 3.79. The van der Waals surface area contributed by atoms with Crippen LogP contribution in [0.4, 0.5) is 14.6 Å². The summed E-state index contributed by atoms with van der Waals surface area (Å²) in [6, 6.07) is 3.47. The van der Waals surface area contributed by atoms with Gasteiger partial charge in [-0.25, -0.2) is 23.7 Å². The molecule has 5 nitrogen and oxygen atoms in total. The molecule has 0 radical (unpaired) electrons. The van der Waals surface area contributed by atoms with Crippen molar-refractivity contribution in [3.8, 4) is 16.9 Å². The summed E-state index contributed by atoms with van der Waals surface area (Å²) in [4.78, 5) is 12.9. The molecular weight excluding hydrogens is 320 g/mol. The molecule has 2 aromatic rings. The van der Waals surface area contributed by atoms with Crippen LogP contribution in [0.5, 0.6) is 0 Å². The van der Waals surface area contributed by atoms with E-state index in [4.69, 9.17) is 5.26 Å². The van der Waals surface area contributed by atoms with E-state index in [9.17, 15) is 8.78 Å². The SMILES string of the molecule is Cc1csc(-c2nc(C#N)cc(NC3CCC(F)(F)CC3)n2)n1. The van der Waals surface area contributed by atoms with Gasteiger partial charge in [-0.1, -0.05) is 0 Å². The summed E-state index contributed by atoms with van der Waals surface area (Å²) in [5.74, 6) is -1.70. The van der Waals surface area contributed by atoms with E-state index in [2.05, 4.69) is 20.3 Å². The summed E-state index contributed by atoms with van der Waals surface area (Å²) in [6.45, 7) is 1.87. The van der Waals surface area contributed by atoms with Gasteiger partial charge in [0.2, 0.25) is 5.92 Å². The highest BCUT2D eigenvalue weighted by Crippen LogP contribution is 2.34. The number of thiazole rings is 1. The van der Waals surface area contributed by atoms with Crippen molar-refractivity contribution in [1.82, 2.24) is 15.0 Å². The quantitative estimate of drug-likeness (QED) is 0.924. The Hall–Kier alpha value is -2.14. The lowest BCUT2D eigenvalue weighted by Gasteiger charge is -2.29. The minimum Gasteiger partial charge on any atom is -0.367 e. The van der Waals surface area contributed by atoms with Crippen LogP contribution in [0.3, 0.4) is 0 Å². The minimum atomic E-state index is -2.56. The van der Waals surface area contributed by atoms with Crippen LogP contribution in [-0.4, -0.2) is 26.9 Å². The van der Waals surface area contributed by atoms with Gasteiger partial charge in [0.05, 0.1) is 0 Å². The molecule has 2 heterocycles. The number of nitrogens with zero attached hydrogens (tertiary/aromatic N) is 4. The van der Waals surface area contributed by atoms with Gasteiger partial charge >= 0.3 is 0 Å². The molecular formula is C15H15F2N5S. The van der Waals surface area contributed by atoms with Gasteiger partial charge in [-0.15, -0.1) is 11.3 Å². The van der Waals surface area contributed by atoms with Crippen molar-refractivity contribution in [3.05, 3.63) is 22.8 Å². The predicted molar refractivity (Wildman–Crippen MR) is 83.4 cm³/mol.